The van der Waals surface area contributed by atoms with Crippen LogP contribution < -0.4 is 0 Å². The van der Waals surface area contributed by atoms with Gasteiger partial charge in [-0.15, -0.1) is 23.4 Å². The molecule has 0 bridgehead atoms. The molecule has 0 saturated heterocycles. The third-order valence-corrected chi connectivity index (χ3v) is 3.95. The molecule has 0 aliphatic rings. The summed E-state index contributed by atoms with van der Waals surface area (Å²) in [6, 6.07) is 0. The minimum Gasteiger partial charge on any atom is -0.134 e. The first-order valence-electron chi connectivity index (χ1n) is 2.92. The van der Waals surface area contributed by atoms with Crippen LogP contribution in [0.4, 0.5) is 0 Å². The molecule has 0 aliphatic carbocycles. The fraction of sp³-hybridized carbons (Fsp3) is 0.667. The molecule has 0 heterocycles. The zero-order chi connectivity index (χ0) is 8.91. The smallest absolute Gasteiger partial charge is 0.134 e. The Morgan fingerprint density at radius 2 is 2.00 bits per heavy atom. The molecule has 0 spiro atoms. The second-order valence-electron chi connectivity index (χ2n) is 1.76. The number of hydrogen-bond donors (Lipinski definition) is 0. The molecule has 0 aromatic heterocycles. The first-order valence-corrected chi connectivity index (χ1v) is 5.54. The number of alkyl halides is 4. The third kappa shape index (κ3) is 6.41. The van der Waals surface area contributed by atoms with E-state index >= 15 is 0 Å². The van der Waals surface area contributed by atoms with Crippen molar-refractivity contribution < 1.29 is 0 Å². The van der Waals surface area contributed by atoms with E-state index in [-0.39, 0.29) is 0 Å². The maximum atomic E-state index is 5.73. The molecule has 0 radical (unpaired) electrons. The van der Waals surface area contributed by atoms with Crippen LogP contribution in [0.1, 0.15) is 6.92 Å². The lowest BCUT2D eigenvalue weighted by Crippen LogP contribution is -2.15. The van der Waals surface area contributed by atoms with E-state index in [1.807, 2.05) is 19.1 Å². The summed E-state index contributed by atoms with van der Waals surface area (Å²) in [5.41, 5.74) is 0. The Kier molecular flexibility index (Phi) is 6.48. The predicted molar refractivity (Wildman–Crippen MR) is 57.2 cm³/mol. The van der Waals surface area contributed by atoms with Gasteiger partial charge in [0.1, 0.15) is 4.71 Å². The maximum absolute atomic E-state index is 5.73. The predicted octanol–water partition coefficient (Wildman–Crippen LogP) is 4.23. The number of hydrogen-bond acceptors (Lipinski definition) is 1. The minimum absolute atomic E-state index is 0.497. The number of thioether (sulfide) groups is 1. The Bertz CT molecular complexity index is 129. The van der Waals surface area contributed by atoms with Crippen molar-refractivity contribution in [1.29, 1.82) is 0 Å². The molecule has 0 saturated carbocycles. The van der Waals surface area contributed by atoms with Crippen molar-refractivity contribution in [2.45, 2.75) is 15.4 Å². The maximum Gasteiger partial charge on any atom is 0.215 e. The van der Waals surface area contributed by atoms with Gasteiger partial charge in [-0.3, -0.25) is 0 Å². The molecule has 0 aromatic rings. The molecule has 0 fully saturated rings. The second-order valence-corrected chi connectivity index (χ2v) is 5.96. The van der Waals surface area contributed by atoms with Crippen molar-refractivity contribution in [3.63, 3.8) is 0 Å². The monoisotopic (exact) mass is 252 g/mol. The molecule has 66 valence electrons. The van der Waals surface area contributed by atoms with Crippen LogP contribution in [0.2, 0.25) is 0 Å². The van der Waals surface area contributed by atoms with Crippen LogP contribution in [0.3, 0.4) is 0 Å². The zero-order valence-electron chi connectivity index (χ0n) is 5.86. The second kappa shape index (κ2) is 5.82. The lowest BCUT2D eigenvalue weighted by atomic mass is 10.6. The Morgan fingerprint density at radius 1 is 1.45 bits per heavy atom. The van der Waals surface area contributed by atoms with Gasteiger partial charge in [0, 0.05) is 5.75 Å². The fourth-order valence-corrected chi connectivity index (χ4v) is 1.78. The molecular weight excluding hydrogens is 246 g/mol. The van der Waals surface area contributed by atoms with Crippen LogP contribution in [0.15, 0.2) is 12.2 Å². The van der Waals surface area contributed by atoms with Gasteiger partial charge in [-0.2, -0.15) is 0 Å². The summed E-state index contributed by atoms with van der Waals surface area (Å²) in [6.45, 7) is 1.93. The van der Waals surface area contributed by atoms with E-state index in [4.69, 9.17) is 46.4 Å². The number of halogens is 4. The van der Waals surface area contributed by atoms with Crippen LogP contribution in [0.5, 0.6) is 0 Å². The van der Waals surface area contributed by atoms with Gasteiger partial charge >= 0.3 is 0 Å². The lowest BCUT2D eigenvalue weighted by molar-refractivity contribution is 1.20. The van der Waals surface area contributed by atoms with E-state index in [1.165, 1.54) is 11.8 Å². The van der Waals surface area contributed by atoms with Gasteiger partial charge in [-0.25, -0.2) is 0 Å². The normalized spacial score (nSPS) is 15.7. The fourth-order valence-electron chi connectivity index (χ4n) is 0.331. The van der Waals surface area contributed by atoms with Crippen molar-refractivity contribution in [2.24, 2.45) is 0 Å². The standard InChI is InChI=1S/C6H8Cl4S/c1-2-3-4-11-5(7)6(8,9)10/h2-3,5H,4H2,1H3/b3-2-. The molecule has 5 heteroatoms. The van der Waals surface area contributed by atoms with Crippen LogP contribution in [-0.4, -0.2) is 14.3 Å². The van der Waals surface area contributed by atoms with Gasteiger partial charge in [0.05, 0.1) is 0 Å². The highest BCUT2D eigenvalue weighted by atomic mass is 35.6. The van der Waals surface area contributed by atoms with Crippen molar-refractivity contribution in [3.8, 4) is 0 Å². The molecule has 0 aliphatic heterocycles. The van der Waals surface area contributed by atoms with E-state index in [2.05, 4.69) is 0 Å². The Labute approximate surface area is 91.2 Å². The highest BCUT2D eigenvalue weighted by Crippen LogP contribution is 2.39. The summed E-state index contributed by atoms with van der Waals surface area (Å²) in [5.74, 6) is 0.762. The molecule has 0 amide bonds. The van der Waals surface area contributed by atoms with E-state index < -0.39 is 8.50 Å². The van der Waals surface area contributed by atoms with E-state index in [9.17, 15) is 0 Å². The van der Waals surface area contributed by atoms with Crippen LogP contribution in [-0.2, 0) is 0 Å². The summed E-state index contributed by atoms with van der Waals surface area (Å²) in [5, 5.41) is 0. The summed E-state index contributed by atoms with van der Waals surface area (Å²) in [6.07, 6.45) is 3.88. The van der Waals surface area contributed by atoms with Gasteiger partial charge < -0.3 is 0 Å². The quantitative estimate of drug-likeness (QED) is 0.536. The van der Waals surface area contributed by atoms with Crippen LogP contribution in [0, 0.1) is 0 Å². The van der Waals surface area contributed by atoms with Crippen LogP contribution in [0.25, 0.3) is 0 Å². The van der Waals surface area contributed by atoms with Crippen molar-refractivity contribution in [2.75, 3.05) is 5.75 Å². The number of allylic oxidation sites excluding steroid dienone is 1. The average molecular weight is 254 g/mol. The van der Waals surface area contributed by atoms with Gasteiger partial charge in [0.2, 0.25) is 3.79 Å². The Morgan fingerprint density at radius 3 is 2.36 bits per heavy atom. The van der Waals surface area contributed by atoms with E-state index in [1.54, 1.807) is 0 Å². The van der Waals surface area contributed by atoms with E-state index in [0.717, 1.165) is 5.75 Å². The molecule has 0 nitrogen and oxygen atoms in total. The average Bonchev–Trinajstić information content (AvgIpc) is 1.86. The molecule has 1 atom stereocenters. The zero-order valence-corrected chi connectivity index (χ0v) is 9.70. The highest BCUT2D eigenvalue weighted by Gasteiger charge is 2.30. The van der Waals surface area contributed by atoms with E-state index in [0.29, 0.717) is 0 Å². The minimum atomic E-state index is -1.38. The summed E-state index contributed by atoms with van der Waals surface area (Å²) in [4.78, 5) is 0. The summed E-state index contributed by atoms with van der Waals surface area (Å²) in [7, 11) is 0. The van der Waals surface area contributed by atoms with Gasteiger partial charge in [0.25, 0.3) is 0 Å². The highest BCUT2D eigenvalue weighted by molar-refractivity contribution is 8.01. The summed E-state index contributed by atoms with van der Waals surface area (Å²) >= 11 is 23.7. The van der Waals surface area contributed by atoms with Crippen molar-refractivity contribution >= 4 is 58.2 Å². The molecule has 11 heavy (non-hydrogen) atoms. The topological polar surface area (TPSA) is 0 Å². The molecule has 0 aromatic carbocycles. The number of rotatable bonds is 3. The summed E-state index contributed by atoms with van der Waals surface area (Å²) < 4.78 is -1.88. The Balaban J connectivity index is 3.61. The van der Waals surface area contributed by atoms with Gasteiger partial charge in [0.15, 0.2) is 0 Å². The van der Waals surface area contributed by atoms with Gasteiger partial charge in [-0.05, 0) is 6.92 Å². The van der Waals surface area contributed by atoms with Crippen molar-refractivity contribution in [1.82, 2.24) is 0 Å². The van der Waals surface area contributed by atoms with Crippen LogP contribution >= 0.6 is 58.2 Å². The lowest BCUT2D eigenvalue weighted by Gasteiger charge is -2.16. The largest absolute Gasteiger partial charge is 0.215 e. The first kappa shape index (κ1) is 12.2. The molecule has 1 unspecified atom stereocenters. The molecule has 0 N–H and O–H groups in total. The molecular formula is C6H8Cl4S. The third-order valence-electron chi connectivity index (χ3n) is 0.832. The first-order chi connectivity index (χ1) is 4.98. The molecule has 0 rings (SSSR count). The SMILES string of the molecule is C/C=C\CSC(Cl)C(Cl)(Cl)Cl. The van der Waals surface area contributed by atoms with Crippen molar-refractivity contribution in [3.05, 3.63) is 12.2 Å². The Hall–Kier alpha value is 1.25. The van der Waals surface area contributed by atoms with Gasteiger partial charge in [-0.1, -0.05) is 47.0 Å².